The molecule has 0 bridgehead atoms. The van der Waals surface area contributed by atoms with Crippen LogP contribution in [0.3, 0.4) is 0 Å². The summed E-state index contributed by atoms with van der Waals surface area (Å²) in [5.74, 6) is 0.385. The summed E-state index contributed by atoms with van der Waals surface area (Å²) in [7, 11) is -3.09. The van der Waals surface area contributed by atoms with Crippen molar-refractivity contribution in [3.8, 4) is 0 Å². The number of rotatable bonds is 4. The predicted octanol–water partition coefficient (Wildman–Crippen LogP) is 0.305. The van der Waals surface area contributed by atoms with Crippen molar-refractivity contribution in [1.82, 2.24) is 14.9 Å². The van der Waals surface area contributed by atoms with Crippen molar-refractivity contribution in [1.29, 1.82) is 0 Å². The summed E-state index contributed by atoms with van der Waals surface area (Å²) in [6.45, 7) is 5.70. The highest BCUT2D eigenvalue weighted by atomic mass is 32.2. The van der Waals surface area contributed by atoms with Gasteiger partial charge in [-0.1, -0.05) is 0 Å². The van der Waals surface area contributed by atoms with Gasteiger partial charge >= 0.3 is 0 Å². The van der Waals surface area contributed by atoms with E-state index in [1.54, 1.807) is 11.2 Å². The predicted molar refractivity (Wildman–Crippen MR) is 82.4 cm³/mol. The Morgan fingerprint density at radius 1 is 1.29 bits per heavy atom. The topological polar surface area (TPSA) is 78.5 Å². The van der Waals surface area contributed by atoms with Crippen LogP contribution in [-0.2, 0) is 14.8 Å². The van der Waals surface area contributed by atoms with Gasteiger partial charge in [0.2, 0.25) is 15.9 Å². The standard InChI is InChI=1S/C14H27N3O3S/c1-3-21(19,20)17-8-5-13(6-9-17)16-14(18)12-4-7-15-11(2)10-12/h11-13,15H,3-10H2,1-2H3,(H,16,18). The molecule has 2 heterocycles. The molecule has 122 valence electrons. The molecule has 0 aromatic rings. The largest absolute Gasteiger partial charge is 0.353 e. The van der Waals surface area contributed by atoms with Gasteiger partial charge in [-0.15, -0.1) is 0 Å². The van der Waals surface area contributed by atoms with Crippen LogP contribution < -0.4 is 10.6 Å². The molecule has 0 spiro atoms. The number of carbonyl (C=O) groups is 1. The van der Waals surface area contributed by atoms with E-state index in [9.17, 15) is 13.2 Å². The first kappa shape index (κ1) is 16.7. The number of sulfonamides is 1. The Balaban J connectivity index is 1.79. The van der Waals surface area contributed by atoms with Crippen LogP contribution in [0.15, 0.2) is 0 Å². The first-order valence-electron chi connectivity index (χ1n) is 7.94. The van der Waals surface area contributed by atoms with Crippen LogP contribution >= 0.6 is 0 Å². The van der Waals surface area contributed by atoms with Gasteiger partial charge < -0.3 is 10.6 Å². The third kappa shape index (κ3) is 4.40. The van der Waals surface area contributed by atoms with Gasteiger partial charge in [0.05, 0.1) is 5.75 Å². The molecule has 0 radical (unpaired) electrons. The molecular weight excluding hydrogens is 290 g/mol. The highest BCUT2D eigenvalue weighted by Crippen LogP contribution is 2.19. The molecule has 1 amide bonds. The zero-order chi connectivity index (χ0) is 15.5. The summed E-state index contributed by atoms with van der Waals surface area (Å²) < 4.78 is 25.1. The van der Waals surface area contributed by atoms with E-state index >= 15 is 0 Å². The van der Waals surface area contributed by atoms with Gasteiger partial charge in [0, 0.05) is 31.1 Å². The summed E-state index contributed by atoms with van der Waals surface area (Å²) in [5.41, 5.74) is 0. The number of hydrogen-bond acceptors (Lipinski definition) is 4. The summed E-state index contributed by atoms with van der Waals surface area (Å²) in [6.07, 6.45) is 3.20. The molecule has 2 aliphatic rings. The lowest BCUT2D eigenvalue weighted by molar-refractivity contribution is -0.127. The quantitative estimate of drug-likeness (QED) is 0.782. The van der Waals surface area contributed by atoms with Gasteiger partial charge in [-0.3, -0.25) is 4.79 Å². The van der Waals surface area contributed by atoms with Crippen molar-refractivity contribution in [2.45, 2.75) is 51.6 Å². The Morgan fingerprint density at radius 2 is 1.95 bits per heavy atom. The smallest absolute Gasteiger partial charge is 0.223 e. The molecule has 0 aliphatic carbocycles. The Kier molecular flexibility index (Phi) is 5.62. The normalized spacial score (nSPS) is 29.2. The molecule has 2 rings (SSSR count). The van der Waals surface area contributed by atoms with Crippen molar-refractivity contribution in [2.24, 2.45) is 5.92 Å². The van der Waals surface area contributed by atoms with Crippen molar-refractivity contribution in [3.05, 3.63) is 0 Å². The van der Waals surface area contributed by atoms with E-state index in [-0.39, 0.29) is 23.6 Å². The third-order valence-electron chi connectivity index (χ3n) is 4.55. The van der Waals surface area contributed by atoms with Gasteiger partial charge in [0.25, 0.3) is 0 Å². The molecule has 2 N–H and O–H groups in total. The fourth-order valence-corrected chi connectivity index (χ4v) is 4.28. The van der Waals surface area contributed by atoms with E-state index in [4.69, 9.17) is 0 Å². The highest BCUT2D eigenvalue weighted by molar-refractivity contribution is 7.89. The van der Waals surface area contributed by atoms with Gasteiger partial charge in [-0.2, -0.15) is 0 Å². The van der Waals surface area contributed by atoms with Gasteiger partial charge in [-0.25, -0.2) is 12.7 Å². The summed E-state index contributed by atoms with van der Waals surface area (Å²) in [6, 6.07) is 0.511. The lowest BCUT2D eigenvalue weighted by Crippen LogP contribution is -2.49. The number of amides is 1. The molecule has 0 aromatic heterocycles. The lowest BCUT2D eigenvalue weighted by Gasteiger charge is -2.33. The number of carbonyl (C=O) groups excluding carboxylic acids is 1. The van der Waals surface area contributed by atoms with E-state index in [0.717, 1.165) is 19.4 Å². The van der Waals surface area contributed by atoms with E-state index < -0.39 is 10.0 Å². The SMILES string of the molecule is CCS(=O)(=O)N1CCC(NC(=O)C2CCNC(C)C2)CC1. The summed E-state index contributed by atoms with van der Waals surface area (Å²) in [5, 5.41) is 6.46. The van der Waals surface area contributed by atoms with Crippen LogP contribution in [0.2, 0.25) is 0 Å². The Bertz CT molecular complexity index is 458. The third-order valence-corrected chi connectivity index (χ3v) is 6.43. The van der Waals surface area contributed by atoms with Crippen molar-refractivity contribution >= 4 is 15.9 Å². The van der Waals surface area contributed by atoms with Crippen LogP contribution in [0, 0.1) is 5.92 Å². The molecule has 0 saturated carbocycles. The molecule has 2 unspecified atom stereocenters. The Hall–Kier alpha value is -0.660. The Morgan fingerprint density at radius 3 is 2.52 bits per heavy atom. The van der Waals surface area contributed by atoms with E-state index in [1.807, 2.05) is 0 Å². The van der Waals surface area contributed by atoms with Crippen molar-refractivity contribution in [2.75, 3.05) is 25.4 Å². The zero-order valence-corrected chi connectivity index (χ0v) is 13.8. The zero-order valence-electron chi connectivity index (χ0n) is 13.0. The number of piperidine rings is 2. The molecule has 2 fully saturated rings. The van der Waals surface area contributed by atoms with Crippen LogP contribution in [0.25, 0.3) is 0 Å². The van der Waals surface area contributed by atoms with E-state index in [2.05, 4.69) is 17.6 Å². The van der Waals surface area contributed by atoms with Crippen LogP contribution in [0.1, 0.15) is 39.5 Å². The summed E-state index contributed by atoms with van der Waals surface area (Å²) in [4.78, 5) is 12.3. The molecular formula is C14H27N3O3S. The molecule has 2 saturated heterocycles. The molecule has 2 atom stereocenters. The lowest BCUT2D eigenvalue weighted by atomic mass is 9.92. The van der Waals surface area contributed by atoms with E-state index in [0.29, 0.717) is 32.0 Å². The van der Waals surface area contributed by atoms with Gasteiger partial charge in [-0.05, 0) is 46.1 Å². The number of hydrogen-bond donors (Lipinski definition) is 2. The molecule has 6 nitrogen and oxygen atoms in total. The summed E-state index contributed by atoms with van der Waals surface area (Å²) >= 11 is 0. The van der Waals surface area contributed by atoms with Crippen molar-refractivity contribution < 1.29 is 13.2 Å². The number of nitrogens with zero attached hydrogens (tertiary/aromatic N) is 1. The first-order valence-corrected chi connectivity index (χ1v) is 9.55. The Labute approximate surface area is 127 Å². The van der Waals surface area contributed by atoms with E-state index in [1.165, 1.54) is 0 Å². The average Bonchev–Trinajstić information content (AvgIpc) is 2.48. The van der Waals surface area contributed by atoms with Gasteiger partial charge in [0.1, 0.15) is 0 Å². The monoisotopic (exact) mass is 317 g/mol. The van der Waals surface area contributed by atoms with Gasteiger partial charge in [0.15, 0.2) is 0 Å². The maximum absolute atomic E-state index is 12.3. The second-order valence-corrected chi connectivity index (χ2v) is 8.42. The van der Waals surface area contributed by atoms with Crippen LogP contribution in [-0.4, -0.2) is 56.1 Å². The second kappa shape index (κ2) is 7.07. The maximum atomic E-state index is 12.3. The molecule has 7 heteroatoms. The van der Waals surface area contributed by atoms with Crippen LogP contribution in [0.5, 0.6) is 0 Å². The fourth-order valence-electron chi connectivity index (χ4n) is 3.15. The average molecular weight is 317 g/mol. The highest BCUT2D eigenvalue weighted by Gasteiger charge is 2.30. The van der Waals surface area contributed by atoms with Crippen LogP contribution in [0.4, 0.5) is 0 Å². The molecule has 0 aromatic carbocycles. The van der Waals surface area contributed by atoms with Crippen molar-refractivity contribution in [3.63, 3.8) is 0 Å². The molecule has 21 heavy (non-hydrogen) atoms. The minimum Gasteiger partial charge on any atom is -0.353 e. The fraction of sp³-hybridized carbons (Fsp3) is 0.929. The first-order chi connectivity index (χ1) is 9.92. The minimum absolute atomic E-state index is 0.0960. The molecule has 2 aliphatic heterocycles. The second-order valence-electron chi connectivity index (χ2n) is 6.16. The number of nitrogens with one attached hydrogen (secondary N) is 2. The minimum atomic E-state index is -3.09. The maximum Gasteiger partial charge on any atom is 0.223 e.